The summed E-state index contributed by atoms with van der Waals surface area (Å²) in [7, 11) is 4.50. The predicted octanol–water partition coefficient (Wildman–Crippen LogP) is 0.731. The number of esters is 1. The zero-order valence-electron chi connectivity index (χ0n) is 27.3. The molecule has 16 nitrogen and oxygen atoms in total. The fraction of sp³-hybridized carbons (Fsp3) is 0.441. The van der Waals surface area contributed by atoms with Gasteiger partial charge in [-0.3, -0.25) is 19.9 Å². The summed E-state index contributed by atoms with van der Waals surface area (Å²) in [6.07, 6.45) is -5.29. The van der Waals surface area contributed by atoms with E-state index in [1.165, 1.54) is 7.05 Å². The summed E-state index contributed by atoms with van der Waals surface area (Å²) in [4.78, 5) is 29.6. The van der Waals surface area contributed by atoms with Crippen molar-refractivity contribution in [2.24, 2.45) is 4.99 Å². The van der Waals surface area contributed by atoms with E-state index in [1.807, 2.05) is 24.4 Å². The number of allylic oxidation sites excluding steroid dienone is 1. The fourth-order valence-electron chi connectivity index (χ4n) is 6.95. The number of carboxylic acids is 1. The summed E-state index contributed by atoms with van der Waals surface area (Å²) in [5.41, 5.74) is 4.45. The van der Waals surface area contributed by atoms with Crippen LogP contribution in [0.4, 0.5) is 0 Å². The van der Waals surface area contributed by atoms with Crippen LogP contribution in [-0.4, -0.2) is 115 Å². The molecule has 0 spiro atoms. The smallest absolute Gasteiger partial charge is 0.318 e. The van der Waals surface area contributed by atoms with Gasteiger partial charge in [0.05, 0.1) is 32.4 Å². The van der Waals surface area contributed by atoms with Gasteiger partial charge in [0.2, 0.25) is 12.0 Å². The van der Waals surface area contributed by atoms with E-state index in [-0.39, 0.29) is 18.3 Å². The zero-order chi connectivity index (χ0) is 35.3. The molecule has 5 N–H and O–H groups in total. The maximum atomic E-state index is 12.1. The van der Waals surface area contributed by atoms with E-state index in [9.17, 15) is 24.9 Å². The highest BCUT2D eigenvalue weighted by Gasteiger charge is 2.49. The van der Waals surface area contributed by atoms with E-state index in [0.29, 0.717) is 36.1 Å². The second-order valence-corrected chi connectivity index (χ2v) is 12.4. The predicted molar refractivity (Wildman–Crippen MR) is 171 cm³/mol. The molecule has 5 aliphatic heterocycles. The molecule has 2 aromatic rings. The van der Waals surface area contributed by atoms with Gasteiger partial charge in [0.15, 0.2) is 17.7 Å². The van der Waals surface area contributed by atoms with Gasteiger partial charge in [-0.15, -0.1) is 0 Å². The summed E-state index contributed by atoms with van der Waals surface area (Å²) in [6, 6.07) is 7.18. The number of carbonyl (C=O) groups is 2. The van der Waals surface area contributed by atoms with E-state index in [4.69, 9.17) is 38.3 Å². The van der Waals surface area contributed by atoms with E-state index >= 15 is 0 Å². The van der Waals surface area contributed by atoms with E-state index < -0.39 is 61.4 Å². The quantitative estimate of drug-likeness (QED) is 0.125. The molecule has 0 bridgehead atoms. The molecule has 266 valence electrons. The Bertz CT molecular complexity index is 1780. The number of hydrogen-bond donors (Lipinski definition) is 5. The molecule has 50 heavy (non-hydrogen) atoms. The number of benzene rings is 2. The minimum atomic E-state index is -1.77. The molecule has 1 saturated heterocycles. The van der Waals surface area contributed by atoms with Crippen LogP contribution < -0.4 is 29.0 Å². The molecule has 5 aliphatic rings. The first-order valence-electron chi connectivity index (χ1n) is 16.0. The standard InChI is InChI=1S/C34H37N3O13/c1-35-33(48-24(40)10-23(38)39)32-27(42)26(41)28(43)34(50-32)47-17-8-16(12-37-11-15-6-7-36-20(15)13-37)25-22(9-17)46-14-19-18-4-5-21(44-2)31(45-3)30(18)49-29(19)25/h4-9,13,19,26-29,32-35,41-43H,10-12,14H2,1-3H3,(H,38,39). The Labute approximate surface area is 286 Å². The molecule has 0 aliphatic carbocycles. The van der Waals surface area contributed by atoms with Gasteiger partial charge in [-0.05, 0) is 30.8 Å². The first kappa shape index (κ1) is 33.6. The topological polar surface area (TPSA) is 207 Å². The number of carbonyl (C=O) groups excluding carboxylic acids is 1. The van der Waals surface area contributed by atoms with E-state index in [1.54, 1.807) is 32.6 Å². The second-order valence-electron chi connectivity index (χ2n) is 12.4. The zero-order valence-corrected chi connectivity index (χ0v) is 27.3. The number of ether oxygens (including phenoxy) is 7. The number of rotatable bonds is 11. The number of nitrogens with one attached hydrogen (secondary N) is 1. The Morgan fingerprint density at radius 2 is 1.94 bits per heavy atom. The van der Waals surface area contributed by atoms with Crippen LogP contribution in [0.3, 0.4) is 0 Å². The van der Waals surface area contributed by atoms with Crippen molar-refractivity contribution in [3.8, 4) is 28.7 Å². The lowest BCUT2D eigenvalue weighted by Crippen LogP contribution is -2.64. The third kappa shape index (κ3) is 5.98. The van der Waals surface area contributed by atoms with Crippen LogP contribution >= 0.6 is 0 Å². The van der Waals surface area contributed by atoms with Crippen molar-refractivity contribution in [1.82, 2.24) is 10.2 Å². The number of methoxy groups -OCH3 is 2. The number of hydrogen-bond acceptors (Lipinski definition) is 15. The summed E-state index contributed by atoms with van der Waals surface area (Å²) in [5.74, 6) is -0.393. The molecule has 5 heterocycles. The molecule has 0 amide bonds. The lowest BCUT2D eigenvalue weighted by Gasteiger charge is -2.42. The molecule has 8 unspecified atom stereocenters. The molecule has 8 atom stereocenters. The average Bonchev–Trinajstić information content (AvgIpc) is 3.80. The number of aliphatic imine (C=N–C) groups is 1. The molecule has 0 radical (unpaired) electrons. The van der Waals surface area contributed by atoms with Crippen molar-refractivity contribution in [2.45, 2.75) is 61.9 Å². The Morgan fingerprint density at radius 1 is 1.12 bits per heavy atom. The monoisotopic (exact) mass is 695 g/mol. The SMILES string of the molecule is CNC(OC(=O)CC(=O)O)C1OC(Oc2cc(CN3C=C4N=CC=C4C3)c3c(c2)OCC2c4ccc(OC)c(OC)c4OC32)C(O)C(O)C1O. The second kappa shape index (κ2) is 13.4. The van der Waals surface area contributed by atoms with Crippen LogP contribution in [0.15, 0.2) is 52.8 Å². The Hall–Kier alpha value is -4.87. The van der Waals surface area contributed by atoms with Gasteiger partial charge in [-0.25, -0.2) is 0 Å². The van der Waals surface area contributed by atoms with E-state index in [0.717, 1.165) is 28.0 Å². The van der Waals surface area contributed by atoms with Crippen molar-refractivity contribution in [3.05, 3.63) is 64.5 Å². The number of aliphatic hydroxyl groups excluding tert-OH is 3. The van der Waals surface area contributed by atoms with Crippen molar-refractivity contribution in [1.29, 1.82) is 0 Å². The highest BCUT2D eigenvalue weighted by Crippen LogP contribution is 2.57. The Kier molecular flexibility index (Phi) is 9.04. The van der Waals surface area contributed by atoms with Gasteiger partial charge in [0.25, 0.3) is 0 Å². The highest BCUT2D eigenvalue weighted by atomic mass is 16.7. The lowest BCUT2D eigenvalue weighted by molar-refractivity contribution is -0.291. The van der Waals surface area contributed by atoms with Gasteiger partial charge in [-0.1, -0.05) is 6.07 Å². The first-order valence-corrected chi connectivity index (χ1v) is 16.0. The number of likely N-dealkylation sites (N-methyl/N-ethyl adjacent to an activating group) is 1. The van der Waals surface area contributed by atoms with Gasteiger partial charge in [-0.2, -0.15) is 0 Å². The van der Waals surface area contributed by atoms with Crippen molar-refractivity contribution in [2.75, 3.05) is 34.4 Å². The average molecular weight is 696 g/mol. The van der Waals surface area contributed by atoms with Crippen molar-refractivity contribution < 1.29 is 63.2 Å². The lowest BCUT2D eigenvalue weighted by atomic mass is 9.86. The maximum absolute atomic E-state index is 12.1. The number of nitrogens with zero attached hydrogens (tertiary/aromatic N) is 2. The Balaban J connectivity index is 1.20. The molecule has 2 aromatic carbocycles. The van der Waals surface area contributed by atoms with Crippen molar-refractivity contribution in [3.63, 3.8) is 0 Å². The van der Waals surface area contributed by atoms with Crippen LogP contribution in [0.1, 0.15) is 35.1 Å². The number of aliphatic hydroxyl groups is 3. The highest BCUT2D eigenvalue weighted by molar-refractivity contribution is 5.90. The molecular weight excluding hydrogens is 658 g/mol. The van der Waals surface area contributed by atoms with Crippen LogP contribution in [-0.2, 0) is 25.6 Å². The normalized spacial score (nSPS) is 27.8. The number of carboxylic acid groups (broad SMARTS) is 1. The molecule has 16 heteroatoms. The maximum Gasteiger partial charge on any atom is 0.318 e. The van der Waals surface area contributed by atoms with E-state index in [2.05, 4.69) is 15.2 Å². The largest absolute Gasteiger partial charge is 0.493 e. The van der Waals surface area contributed by atoms with Gasteiger partial charge < -0.3 is 58.5 Å². The molecule has 7 rings (SSSR count). The third-order valence-corrected chi connectivity index (χ3v) is 9.31. The fourth-order valence-corrected chi connectivity index (χ4v) is 6.95. The molecular formula is C34H37N3O13. The van der Waals surface area contributed by atoms with Crippen molar-refractivity contribution >= 4 is 18.2 Å². The minimum absolute atomic E-state index is 0.158. The van der Waals surface area contributed by atoms with Crippen LogP contribution in [0.25, 0.3) is 0 Å². The molecule has 0 aromatic heterocycles. The Morgan fingerprint density at radius 3 is 2.66 bits per heavy atom. The summed E-state index contributed by atoms with van der Waals surface area (Å²) < 4.78 is 41.3. The molecule has 0 saturated carbocycles. The minimum Gasteiger partial charge on any atom is -0.493 e. The van der Waals surface area contributed by atoms with Crippen LogP contribution in [0, 0.1) is 0 Å². The first-order chi connectivity index (χ1) is 24.1. The van der Waals surface area contributed by atoms with Gasteiger partial charge >= 0.3 is 11.9 Å². The van der Waals surface area contributed by atoms with Crippen LogP contribution in [0.5, 0.6) is 28.7 Å². The summed E-state index contributed by atoms with van der Waals surface area (Å²) in [6.45, 7) is 1.31. The molecule has 1 fully saturated rings. The van der Waals surface area contributed by atoms with Gasteiger partial charge in [0, 0.05) is 48.3 Å². The number of aliphatic carboxylic acids is 1. The third-order valence-electron chi connectivity index (χ3n) is 9.31. The number of fused-ring (bicyclic) bond motifs is 6. The van der Waals surface area contributed by atoms with Gasteiger partial charge in [0.1, 0.15) is 48.4 Å². The summed E-state index contributed by atoms with van der Waals surface area (Å²) >= 11 is 0. The summed E-state index contributed by atoms with van der Waals surface area (Å²) in [5, 5.41) is 44.0. The van der Waals surface area contributed by atoms with Crippen LogP contribution in [0.2, 0.25) is 0 Å².